The Kier molecular flexibility index (Phi) is 4.76. The lowest BCUT2D eigenvalue weighted by Gasteiger charge is -2.05. The Morgan fingerprint density at radius 1 is 1.19 bits per heavy atom. The molecule has 0 fully saturated rings. The van der Waals surface area contributed by atoms with Gasteiger partial charge in [0.25, 0.3) is 0 Å². The fraction of sp³-hybridized carbons (Fsp3) is 0.0500. The van der Waals surface area contributed by atoms with Crippen LogP contribution in [0.25, 0.3) is 11.5 Å². The Morgan fingerprint density at radius 3 is 2.85 bits per heavy atom. The van der Waals surface area contributed by atoms with Gasteiger partial charge < -0.3 is 4.42 Å². The predicted octanol–water partition coefficient (Wildman–Crippen LogP) is 4.85. The first kappa shape index (κ1) is 17.1. The minimum absolute atomic E-state index is 0.302. The minimum Gasteiger partial charge on any atom is -0.463 e. The van der Waals surface area contributed by atoms with Gasteiger partial charge in [0.2, 0.25) is 4.80 Å². The zero-order valence-electron chi connectivity index (χ0n) is 14.4. The lowest BCUT2D eigenvalue weighted by atomic mass is 10.1. The fourth-order valence-electron chi connectivity index (χ4n) is 2.52. The van der Waals surface area contributed by atoms with Crippen molar-refractivity contribution in [3.63, 3.8) is 0 Å². The highest BCUT2D eigenvalue weighted by Gasteiger charge is 2.11. The molecule has 0 radical (unpaired) electrons. The number of rotatable bonds is 4. The highest BCUT2D eigenvalue weighted by atomic mass is 32.1. The zero-order chi connectivity index (χ0) is 18.6. The van der Waals surface area contributed by atoms with Gasteiger partial charge in [-0.05, 0) is 43.3 Å². The Hall–Kier alpha value is -3.32. The molecule has 0 saturated carbocycles. The highest BCUT2D eigenvalue weighted by molar-refractivity contribution is 7.07. The molecular formula is C20H15FN4OS. The van der Waals surface area contributed by atoms with Gasteiger partial charge >= 0.3 is 0 Å². The van der Waals surface area contributed by atoms with Crippen molar-refractivity contribution in [3.05, 3.63) is 88.7 Å². The van der Waals surface area contributed by atoms with Crippen LogP contribution in [-0.2, 0) is 0 Å². The monoisotopic (exact) mass is 378 g/mol. The average Bonchev–Trinajstić information content (AvgIpc) is 3.33. The summed E-state index contributed by atoms with van der Waals surface area (Å²) >= 11 is 1.44. The number of furan rings is 1. The third-order valence-electron chi connectivity index (χ3n) is 3.82. The molecule has 5 nitrogen and oxygen atoms in total. The first-order chi connectivity index (χ1) is 13.2. The number of nitrogens with zero attached hydrogens (tertiary/aromatic N) is 4. The van der Waals surface area contributed by atoms with E-state index in [-0.39, 0.29) is 5.82 Å². The summed E-state index contributed by atoms with van der Waals surface area (Å²) in [5.74, 6) is 0.374. The van der Waals surface area contributed by atoms with Crippen molar-refractivity contribution in [2.24, 2.45) is 10.1 Å². The topological polar surface area (TPSA) is 55.7 Å². The van der Waals surface area contributed by atoms with Crippen molar-refractivity contribution in [2.75, 3.05) is 0 Å². The van der Waals surface area contributed by atoms with E-state index in [0.717, 1.165) is 11.4 Å². The van der Waals surface area contributed by atoms with E-state index in [0.29, 0.717) is 21.8 Å². The molecule has 3 aromatic heterocycles. The Labute approximate surface area is 158 Å². The van der Waals surface area contributed by atoms with Crippen LogP contribution in [0.2, 0.25) is 0 Å². The first-order valence-corrected chi connectivity index (χ1v) is 9.09. The number of aromatic nitrogens is 2. The lowest BCUT2D eigenvalue weighted by Crippen LogP contribution is -2.13. The SMILES string of the molecule is CC(=Nn1c(-c2ccco2)csc1=Nc1cccnc1)c1cccc(F)c1. The van der Waals surface area contributed by atoms with E-state index in [1.165, 1.54) is 23.5 Å². The number of hydrogen-bond donors (Lipinski definition) is 0. The van der Waals surface area contributed by atoms with Crippen molar-refractivity contribution in [2.45, 2.75) is 6.92 Å². The van der Waals surface area contributed by atoms with Gasteiger partial charge in [-0.3, -0.25) is 4.98 Å². The van der Waals surface area contributed by atoms with Crippen LogP contribution >= 0.6 is 11.3 Å². The molecular weight excluding hydrogens is 363 g/mol. The molecule has 0 atom stereocenters. The van der Waals surface area contributed by atoms with Crippen LogP contribution in [-0.4, -0.2) is 15.4 Å². The third-order valence-corrected chi connectivity index (χ3v) is 4.64. The van der Waals surface area contributed by atoms with Crippen LogP contribution in [0.3, 0.4) is 0 Å². The van der Waals surface area contributed by atoms with E-state index in [1.54, 1.807) is 29.4 Å². The van der Waals surface area contributed by atoms with Crippen LogP contribution in [0.4, 0.5) is 10.1 Å². The highest BCUT2D eigenvalue weighted by Crippen LogP contribution is 2.21. The van der Waals surface area contributed by atoms with Crippen LogP contribution in [0.5, 0.6) is 0 Å². The lowest BCUT2D eigenvalue weighted by molar-refractivity contribution is 0.575. The smallest absolute Gasteiger partial charge is 0.211 e. The molecule has 0 amide bonds. The van der Waals surface area contributed by atoms with Gasteiger partial charge in [-0.1, -0.05) is 12.1 Å². The van der Waals surface area contributed by atoms with Gasteiger partial charge in [0.1, 0.15) is 11.5 Å². The van der Waals surface area contributed by atoms with E-state index in [1.807, 2.05) is 42.6 Å². The Morgan fingerprint density at radius 2 is 2.11 bits per heavy atom. The molecule has 0 aliphatic carbocycles. The summed E-state index contributed by atoms with van der Waals surface area (Å²) in [6, 6.07) is 13.7. The number of hydrogen-bond acceptors (Lipinski definition) is 5. The fourth-order valence-corrected chi connectivity index (χ4v) is 3.35. The standard InChI is InChI=1S/C20H15FN4OS/c1-14(15-5-2-6-16(21)11-15)24-25-18(19-8-4-10-26-19)13-27-20(25)23-17-7-3-9-22-12-17/h2-13H,1H3. The second kappa shape index (κ2) is 7.51. The van der Waals surface area contributed by atoms with Gasteiger partial charge in [0, 0.05) is 17.1 Å². The van der Waals surface area contributed by atoms with Gasteiger partial charge in [-0.2, -0.15) is 5.10 Å². The van der Waals surface area contributed by atoms with Gasteiger partial charge in [-0.15, -0.1) is 11.3 Å². The third kappa shape index (κ3) is 3.78. The average molecular weight is 378 g/mol. The van der Waals surface area contributed by atoms with Gasteiger partial charge in [0.15, 0.2) is 5.76 Å². The summed E-state index contributed by atoms with van der Waals surface area (Å²) in [7, 11) is 0. The number of pyridine rings is 1. The Balaban J connectivity index is 1.88. The molecule has 3 heterocycles. The van der Waals surface area contributed by atoms with E-state index in [9.17, 15) is 4.39 Å². The summed E-state index contributed by atoms with van der Waals surface area (Å²) in [6.45, 7) is 1.83. The molecule has 134 valence electrons. The molecule has 0 N–H and O–H groups in total. The summed E-state index contributed by atoms with van der Waals surface area (Å²) in [6.07, 6.45) is 4.99. The number of halogens is 1. The number of benzene rings is 1. The normalized spacial score (nSPS) is 12.5. The maximum Gasteiger partial charge on any atom is 0.211 e. The van der Waals surface area contributed by atoms with Crippen LogP contribution in [0.1, 0.15) is 12.5 Å². The molecule has 0 aliphatic heterocycles. The van der Waals surface area contributed by atoms with Crippen molar-refractivity contribution in [3.8, 4) is 11.5 Å². The maximum atomic E-state index is 13.6. The zero-order valence-corrected chi connectivity index (χ0v) is 15.2. The van der Waals surface area contributed by atoms with Crippen LogP contribution in [0, 0.1) is 5.82 Å². The molecule has 0 aliphatic rings. The largest absolute Gasteiger partial charge is 0.463 e. The van der Waals surface area contributed by atoms with Gasteiger partial charge in [0.05, 0.1) is 23.9 Å². The quantitative estimate of drug-likeness (QED) is 0.477. The second-order valence-corrected chi connectivity index (χ2v) is 6.55. The minimum atomic E-state index is -0.302. The van der Waals surface area contributed by atoms with E-state index in [2.05, 4.69) is 15.1 Å². The van der Waals surface area contributed by atoms with Crippen molar-refractivity contribution >= 4 is 22.7 Å². The Bertz CT molecular complexity index is 1140. The number of thiazole rings is 1. The van der Waals surface area contributed by atoms with Crippen molar-refractivity contribution in [1.82, 2.24) is 9.66 Å². The second-order valence-electron chi connectivity index (χ2n) is 5.71. The van der Waals surface area contributed by atoms with E-state index >= 15 is 0 Å². The first-order valence-electron chi connectivity index (χ1n) is 8.21. The van der Waals surface area contributed by atoms with E-state index in [4.69, 9.17) is 4.42 Å². The summed E-state index contributed by atoms with van der Waals surface area (Å²) in [4.78, 5) is 9.38. The van der Waals surface area contributed by atoms with Gasteiger partial charge in [-0.25, -0.2) is 14.1 Å². The molecule has 27 heavy (non-hydrogen) atoms. The van der Waals surface area contributed by atoms with Crippen LogP contribution < -0.4 is 4.80 Å². The predicted molar refractivity (Wildman–Crippen MR) is 103 cm³/mol. The molecule has 0 spiro atoms. The van der Waals surface area contributed by atoms with Crippen molar-refractivity contribution < 1.29 is 8.81 Å². The summed E-state index contributed by atoms with van der Waals surface area (Å²) < 4.78 is 20.8. The maximum absolute atomic E-state index is 13.6. The summed E-state index contributed by atoms with van der Waals surface area (Å²) in [5, 5.41) is 6.61. The summed E-state index contributed by atoms with van der Waals surface area (Å²) in [5.41, 5.74) is 2.85. The van der Waals surface area contributed by atoms with E-state index < -0.39 is 0 Å². The molecule has 4 aromatic rings. The van der Waals surface area contributed by atoms with Crippen molar-refractivity contribution in [1.29, 1.82) is 0 Å². The molecule has 1 aromatic carbocycles. The molecule has 4 rings (SSSR count). The van der Waals surface area contributed by atoms with Crippen LogP contribution in [0.15, 0.2) is 87.1 Å². The molecule has 7 heteroatoms. The molecule has 0 unspecified atom stereocenters. The molecule has 0 bridgehead atoms. The molecule has 0 saturated heterocycles.